The maximum Gasteiger partial charge on any atom is 0.455 e. The Morgan fingerprint density at radius 3 is 1.93 bits per heavy atom. The van der Waals surface area contributed by atoms with E-state index in [9.17, 15) is 22.0 Å². The molecular formula is C8H13F5O2. The van der Waals surface area contributed by atoms with Gasteiger partial charge in [-0.05, 0) is 13.8 Å². The Hall–Kier alpha value is -0.430. The van der Waals surface area contributed by atoms with E-state index in [1.807, 2.05) is 0 Å². The third kappa shape index (κ3) is 5.88. The van der Waals surface area contributed by atoms with Gasteiger partial charge in [0, 0.05) is 0 Å². The molecule has 92 valence electrons. The fraction of sp³-hybridized carbons (Fsp3) is 1.00. The Labute approximate surface area is 84.3 Å². The van der Waals surface area contributed by atoms with Crippen LogP contribution in [0.4, 0.5) is 22.0 Å². The molecule has 0 bridgehead atoms. The monoisotopic (exact) mass is 236 g/mol. The van der Waals surface area contributed by atoms with Crippen molar-refractivity contribution in [2.45, 2.75) is 32.1 Å². The second-order valence-corrected chi connectivity index (χ2v) is 3.17. The smallest absolute Gasteiger partial charge is 0.376 e. The molecule has 0 fully saturated rings. The van der Waals surface area contributed by atoms with E-state index in [0.717, 1.165) is 0 Å². The summed E-state index contributed by atoms with van der Waals surface area (Å²) >= 11 is 0. The second kappa shape index (κ2) is 5.60. The molecule has 0 aromatic heterocycles. The third-order valence-corrected chi connectivity index (χ3v) is 1.38. The number of hydrogen-bond donors (Lipinski definition) is 0. The predicted octanol–water partition coefficient (Wildman–Crippen LogP) is 2.63. The highest BCUT2D eigenvalue weighted by Crippen LogP contribution is 2.35. The van der Waals surface area contributed by atoms with Crippen LogP contribution in [0.5, 0.6) is 0 Å². The summed E-state index contributed by atoms with van der Waals surface area (Å²) in [6, 6.07) is 0. The van der Waals surface area contributed by atoms with E-state index in [-0.39, 0.29) is 19.3 Å². The van der Waals surface area contributed by atoms with Crippen LogP contribution in [-0.4, -0.2) is 38.0 Å². The van der Waals surface area contributed by atoms with Crippen molar-refractivity contribution in [3.05, 3.63) is 0 Å². The van der Waals surface area contributed by atoms with Crippen molar-refractivity contribution in [1.82, 2.24) is 0 Å². The summed E-state index contributed by atoms with van der Waals surface area (Å²) in [5.74, 6) is -4.80. The van der Waals surface area contributed by atoms with Crippen LogP contribution in [0.2, 0.25) is 0 Å². The zero-order chi connectivity index (χ0) is 12.1. The number of hydrogen-bond acceptors (Lipinski definition) is 2. The molecule has 0 aliphatic heterocycles. The summed E-state index contributed by atoms with van der Waals surface area (Å²) in [6.07, 6.45) is -5.68. The first kappa shape index (κ1) is 14.6. The molecule has 0 spiro atoms. The molecule has 0 aromatic carbocycles. The molecule has 0 rings (SSSR count). The van der Waals surface area contributed by atoms with Crippen LogP contribution >= 0.6 is 0 Å². The van der Waals surface area contributed by atoms with Gasteiger partial charge in [-0.2, -0.15) is 22.0 Å². The van der Waals surface area contributed by atoms with E-state index in [1.165, 1.54) is 0 Å². The molecule has 0 unspecified atom stereocenters. The molecular weight excluding hydrogens is 223 g/mol. The van der Waals surface area contributed by atoms with Crippen LogP contribution in [0, 0.1) is 0 Å². The predicted molar refractivity (Wildman–Crippen MR) is 42.9 cm³/mol. The number of halogens is 5. The minimum atomic E-state index is -5.56. The van der Waals surface area contributed by atoms with Gasteiger partial charge < -0.3 is 9.47 Å². The van der Waals surface area contributed by atoms with Gasteiger partial charge >= 0.3 is 12.1 Å². The molecule has 7 heteroatoms. The largest absolute Gasteiger partial charge is 0.455 e. The fourth-order valence-electron chi connectivity index (χ4n) is 0.625. The van der Waals surface area contributed by atoms with Crippen LogP contribution in [0.25, 0.3) is 0 Å². The van der Waals surface area contributed by atoms with Crippen molar-refractivity contribution in [3.63, 3.8) is 0 Å². The summed E-state index contributed by atoms with van der Waals surface area (Å²) in [5, 5.41) is 0. The van der Waals surface area contributed by atoms with E-state index in [0.29, 0.717) is 0 Å². The molecule has 0 atom stereocenters. The lowest BCUT2D eigenvalue weighted by Gasteiger charge is -2.19. The van der Waals surface area contributed by atoms with Crippen LogP contribution < -0.4 is 0 Å². The molecule has 0 aliphatic carbocycles. The van der Waals surface area contributed by atoms with E-state index >= 15 is 0 Å². The summed E-state index contributed by atoms with van der Waals surface area (Å²) < 4.78 is 68.4. The minimum Gasteiger partial charge on any atom is -0.376 e. The third-order valence-electron chi connectivity index (χ3n) is 1.38. The van der Waals surface area contributed by atoms with Gasteiger partial charge in [0.15, 0.2) is 0 Å². The lowest BCUT2D eigenvalue weighted by Crippen LogP contribution is -2.41. The SMILES string of the molecule is CC(C)OCCOCC(F)(F)C(F)(F)F. The van der Waals surface area contributed by atoms with E-state index in [2.05, 4.69) is 4.74 Å². The summed E-state index contributed by atoms with van der Waals surface area (Å²) in [4.78, 5) is 0. The standard InChI is InChI=1S/C8H13F5O2/c1-6(2)15-4-3-14-5-7(9,10)8(11,12)13/h6H,3-5H2,1-2H3. The lowest BCUT2D eigenvalue weighted by atomic mass is 10.3. The zero-order valence-corrected chi connectivity index (χ0v) is 8.40. The van der Waals surface area contributed by atoms with Crippen molar-refractivity contribution in [2.75, 3.05) is 19.8 Å². The van der Waals surface area contributed by atoms with Gasteiger partial charge in [0.25, 0.3) is 0 Å². The highest BCUT2D eigenvalue weighted by molar-refractivity contribution is 4.74. The number of ether oxygens (including phenoxy) is 2. The zero-order valence-electron chi connectivity index (χ0n) is 8.40. The first-order valence-corrected chi connectivity index (χ1v) is 4.30. The van der Waals surface area contributed by atoms with Gasteiger partial charge in [-0.25, -0.2) is 0 Å². The summed E-state index contributed by atoms with van der Waals surface area (Å²) in [5.41, 5.74) is 0. The topological polar surface area (TPSA) is 18.5 Å². The lowest BCUT2D eigenvalue weighted by molar-refractivity contribution is -0.297. The van der Waals surface area contributed by atoms with Gasteiger partial charge in [-0.3, -0.25) is 0 Å². The number of rotatable bonds is 6. The van der Waals surface area contributed by atoms with Crippen LogP contribution in [0.3, 0.4) is 0 Å². The molecule has 15 heavy (non-hydrogen) atoms. The first-order chi connectivity index (χ1) is 6.67. The quantitative estimate of drug-likeness (QED) is 0.521. The van der Waals surface area contributed by atoms with E-state index in [4.69, 9.17) is 4.74 Å². The maximum absolute atomic E-state index is 12.2. The maximum atomic E-state index is 12.2. The Bertz CT molecular complexity index is 178. The number of alkyl halides is 5. The average molecular weight is 236 g/mol. The Balaban J connectivity index is 3.68. The van der Waals surface area contributed by atoms with Crippen LogP contribution in [0.1, 0.15) is 13.8 Å². The molecule has 0 heterocycles. The van der Waals surface area contributed by atoms with Crippen LogP contribution in [-0.2, 0) is 9.47 Å². The van der Waals surface area contributed by atoms with Gasteiger partial charge in [-0.15, -0.1) is 0 Å². The van der Waals surface area contributed by atoms with Crippen molar-refractivity contribution >= 4 is 0 Å². The molecule has 0 amide bonds. The van der Waals surface area contributed by atoms with Crippen molar-refractivity contribution in [3.8, 4) is 0 Å². The molecule has 0 N–H and O–H groups in total. The van der Waals surface area contributed by atoms with Crippen molar-refractivity contribution in [1.29, 1.82) is 0 Å². The van der Waals surface area contributed by atoms with Crippen molar-refractivity contribution in [2.24, 2.45) is 0 Å². The van der Waals surface area contributed by atoms with E-state index < -0.39 is 18.7 Å². The Kier molecular flexibility index (Phi) is 5.44. The van der Waals surface area contributed by atoms with Gasteiger partial charge in [0.2, 0.25) is 0 Å². The highest BCUT2D eigenvalue weighted by Gasteiger charge is 2.57. The fourth-order valence-corrected chi connectivity index (χ4v) is 0.625. The van der Waals surface area contributed by atoms with Gasteiger partial charge in [-0.1, -0.05) is 0 Å². The Morgan fingerprint density at radius 1 is 1.00 bits per heavy atom. The summed E-state index contributed by atoms with van der Waals surface area (Å²) in [7, 11) is 0. The minimum absolute atomic E-state index is 0.00833. The van der Waals surface area contributed by atoms with Gasteiger partial charge in [0.1, 0.15) is 6.61 Å². The molecule has 0 saturated heterocycles. The van der Waals surface area contributed by atoms with Crippen molar-refractivity contribution < 1.29 is 31.4 Å². The van der Waals surface area contributed by atoms with Crippen LogP contribution in [0.15, 0.2) is 0 Å². The highest BCUT2D eigenvalue weighted by atomic mass is 19.4. The average Bonchev–Trinajstić information content (AvgIpc) is 2.00. The first-order valence-electron chi connectivity index (χ1n) is 4.30. The molecule has 0 radical (unpaired) electrons. The molecule has 2 nitrogen and oxygen atoms in total. The normalized spacial score (nSPS) is 13.6. The second-order valence-electron chi connectivity index (χ2n) is 3.17. The van der Waals surface area contributed by atoms with E-state index in [1.54, 1.807) is 13.8 Å². The Morgan fingerprint density at radius 2 is 1.53 bits per heavy atom. The summed E-state index contributed by atoms with van der Waals surface area (Å²) in [6.45, 7) is 1.46. The van der Waals surface area contributed by atoms with Gasteiger partial charge in [0.05, 0.1) is 19.3 Å². The molecule has 0 saturated carbocycles. The molecule has 0 aliphatic rings. The molecule has 0 aromatic rings.